The summed E-state index contributed by atoms with van der Waals surface area (Å²) in [5.74, 6) is 1.67. The van der Waals surface area contributed by atoms with Crippen molar-refractivity contribution in [2.45, 2.75) is 78.7 Å². The quantitative estimate of drug-likeness (QED) is 0.444. The van der Waals surface area contributed by atoms with Gasteiger partial charge in [0.2, 0.25) is 11.8 Å². The minimum atomic E-state index is -0.206. The second-order valence-electron chi connectivity index (χ2n) is 8.09. The second kappa shape index (κ2) is 8.86. The fourth-order valence-corrected chi connectivity index (χ4v) is 4.60. The topological polar surface area (TPSA) is 42.4 Å². The Balaban J connectivity index is 2.09. The number of nitrogens with zero attached hydrogens (tertiary/aromatic N) is 2. The maximum atomic E-state index is 13.3. The van der Waals surface area contributed by atoms with E-state index in [1.807, 2.05) is 24.0 Å². The molecule has 0 radical (unpaired) electrons. The number of hydrogen-bond acceptors (Lipinski definition) is 3. The fraction of sp³-hybridized carbons (Fsp3) is 0.500. The summed E-state index contributed by atoms with van der Waals surface area (Å²) in [6.07, 6.45) is 2.59. The predicted molar refractivity (Wildman–Crippen MR) is 122 cm³/mol. The van der Waals surface area contributed by atoms with Crippen molar-refractivity contribution >= 4 is 27.5 Å². The van der Waals surface area contributed by atoms with E-state index in [0.717, 1.165) is 46.4 Å². The van der Waals surface area contributed by atoms with Gasteiger partial charge in [-0.3, -0.25) is 4.79 Å². The van der Waals surface area contributed by atoms with E-state index in [0.29, 0.717) is 11.8 Å². The minimum Gasteiger partial charge on any atom is -0.437 e. The van der Waals surface area contributed by atoms with Gasteiger partial charge in [-0.2, -0.15) is 0 Å². The maximum absolute atomic E-state index is 13.3. The molecule has 0 spiro atoms. The molecule has 1 unspecified atom stereocenters. The largest absolute Gasteiger partial charge is 0.437 e. The molecule has 29 heavy (non-hydrogen) atoms. The molecule has 156 valence electrons. The molecule has 1 aromatic carbocycles. The first-order chi connectivity index (χ1) is 13.8. The van der Waals surface area contributed by atoms with E-state index >= 15 is 0 Å². The number of aromatic nitrogens is 1. The van der Waals surface area contributed by atoms with Gasteiger partial charge in [-0.15, -0.1) is 0 Å². The zero-order chi connectivity index (χ0) is 21.3. The lowest BCUT2D eigenvalue weighted by atomic mass is 9.99. The van der Waals surface area contributed by atoms with E-state index in [9.17, 15) is 4.79 Å². The average Bonchev–Trinajstić information content (AvgIpc) is 2.96. The van der Waals surface area contributed by atoms with Gasteiger partial charge in [-0.25, -0.2) is 4.98 Å². The van der Waals surface area contributed by atoms with E-state index in [1.165, 1.54) is 5.56 Å². The molecule has 0 aliphatic carbocycles. The third kappa shape index (κ3) is 4.07. The normalized spacial score (nSPS) is 16.1. The van der Waals surface area contributed by atoms with Crippen LogP contribution >= 0.6 is 15.9 Å². The average molecular weight is 459 g/mol. The van der Waals surface area contributed by atoms with Crippen molar-refractivity contribution in [3.8, 4) is 11.6 Å². The van der Waals surface area contributed by atoms with Crippen LogP contribution in [0.5, 0.6) is 11.6 Å². The lowest BCUT2D eigenvalue weighted by Gasteiger charge is -2.27. The summed E-state index contributed by atoms with van der Waals surface area (Å²) in [5.41, 5.74) is 3.99. The number of pyridine rings is 1. The summed E-state index contributed by atoms with van der Waals surface area (Å²) < 4.78 is 7.20. The molecule has 0 fully saturated rings. The smallest absolute Gasteiger partial charge is 0.235 e. The molecule has 1 aliphatic rings. The number of halogens is 1. The van der Waals surface area contributed by atoms with E-state index in [4.69, 9.17) is 9.72 Å². The summed E-state index contributed by atoms with van der Waals surface area (Å²) in [6.45, 7) is 12.6. The van der Waals surface area contributed by atoms with Gasteiger partial charge in [-0.1, -0.05) is 40.7 Å². The molecular weight excluding hydrogens is 428 g/mol. The highest BCUT2D eigenvalue weighted by molar-refractivity contribution is 9.10. The lowest BCUT2D eigenvalue weighted by molar-refractivity contribution is -0.119. The molecule has 1 atom stereocenters. The molecule has 2 heterocycles. The highest BCUT2D eigenvalue weighted by Gasteiger charge is 2.42. The van der Waals surface area contributed by atoms with Gasteiger partial charge in [-0.05, 0) is 71.8 Å². The fourth-order valence-electron chi connectivity index (χ4n) is 4.12. The van der Waals surface area contributed by atoms with Crippen LogP contribution in [0.25, 0.3) is 0 Å². The summed E-state index contributed by atoms with van der Waals surface area (Å²) in [7, 11) is 0. The first-order valence-corrected chi connectivity index (χ1v) is 11.4. The number of aryl methyl sites for hydroxylation is 1. The molecule has 0 saturated carbocycles. The van der Waals surface area contributed by atoms with E-state index in [1.54, 1.807) is 0 Å². The molecular formula is C24H31BrN2O2. The Morgan fingerprint density at radius 3 is 2.41 bits per heavy atom. The van der Waals surface area contributed by atoms with Crippen LogP contribution in [0.4, 0.5) is 5.69 Å². The molecule has 1 aliphatic heterocycles. The zero-order valence-electron chi connectivity index (χ0n) is 18.3. The number of anilines is 1. The first kappa shape index (κ1) is 21.8. The summed E-state index contributed by atoms with van der Waals surface area (Å²) >= 11 is 3.64. The van der Waals surface area contributed by atoms with Gasteiger partial charge < -0.3 is 9.64 Å². The molecule has 0 saturated heterocycles. The Labute approximate surface area is 182 Å². The Morgan fingerprint density at radius 2 is 1.86 bits per heavy atom. The summed E-state index contributed by atoms with van der Waals surface area (Å²) in [4.78, 5) is 20.0. The van der Waals surface area contributed by atoms with Gasteiger partial charge >= 0.3 is 0 Å². The number of amides is 1. The third-order valence-corrected chi connectivity index (χ3v) is 6.44. The highest BCUT2D eigenvalue weighted by Crippen LogP contribution is 2.47. The Morgan fingerprint density at radius 1 is 1.17 bits per heavy atom. The molecule has 3 rings (SSSR count). The lowest BCUT2D eigenvalue weighted by Crippen LogP contribution is -2.38. The van der Waals surface area contributed by atoms with Gasteiger partial charge in [0, 0.05) is 11.7 Å². The molecule has 1 aromatic heterocycles. The first-order valence-electron chi connectivity index (χ1n) is 10.6. The Kier molecular flexibility index (Phi) is 6.67. The molecule has 0 N–H and O–H groups in total. The van der Waals surface area contributed by atoms with Gasteiger partial charge in [0.1, 0.15) is 5.75 Å². The van der Waals surface area contributed by atoms with E-state index in [-0.39, 0.29) is 17.9 Å². The van der Waals surface area contributed by atoms with Crippen LogP contribution in [-0.4, -0.2) is 16.9 Å². The third-order valence-electron chi connectivity index (χ3n) is 5.82. The van der Waals surface area contributed by atoms with Crippen LogP contribution in [-0.2, 0) is 4.79 Å². The number of hydrogen-bond donors (Lipinski definition) is 0. The molecule has 1 amide bonds. The monoisotopic (exact) mass is 458 g/mol. The van der Waals surface area contributed by atoms with Crippen LogP contribution in [0.3, 0.4) is 0 Å². The number of ether oxygens (including phenoxy) is 1. The Bertz CT molecular complexity index is 906. The highest BCUT2D eigenvalue weighted by atomic mass is 79.9. The van der Waals surface area contributed by atoms with Crippen molar-refractivity contribution in [3.05, 3.63) is 45.6 Å². The Hall–Kier alpha value is -1.88. The standard InChI is InChI=1S/C24H31BrN2O2/c1-7-17(8-2)27-20-12-15(6)26-23(22(20)18(9-3)24(27)28)29-21-11-10-16(14(4)5)13-19(21)25/h10-14,17-18H,7-9H2,1-6H3. The van der Waals surface area contributed by atoms with Crippen LogP contribution in [0.2, 0.25) is 0 Å². The van der Waals surface area contributed by atoms with Crippen molar-refractivity contribution in [2.75, 3.05) is 4.90 Å². The van der Waals surface area contributed by atoms with Crippen molar-refractivity contribution in [3.63, 3.8) is 0 Å². The maximum Gasteiger partial charge on any atom is 0.235 e. The SMILES string of the molecule is CCC1C(=O)N(C(CC)CC)c2cc(C)nc(Oc3ccc(C(C)C)cc3Br)c21. The van der Waals surface area contributed by atoms with Crippen LogP contribution in [0.1, 0.15) is 82.5 Å². The predicted octanol–water partition coefficient (Wildman–Crippen LogP) is 7.10. The zero-order valence-corrected chi connectivity index (χ0v) is 19.8. The molecule has 2 aromatic rings. The van der Waals surface area contributed by atoms with Crippen molar-refractivity contribution < 1.29 is 9.53 Å². The van der Waals surface area contributed by atoms with Crippen LogP contribution in [0.15, 0.2) is 28.7 Å². The van der Waals surface area contributed by atoms with Crippen molar-refractivity contribution in [1.29, 1.82) is 0 Å². The number of carbonyl (C=O) groups is 1. The minimum absolute atomic E-state index is 0.169. The molecule has 0 bridgehead atoms. The number of fused-ring (bicyclic) bond motifs is 1. The second-order valence-corrected chi connectivity index (χ2v) is 8.94. The number of carbonyl (C=O) groups excluding carboxylic acids is 1. The van der Waals surface area contributed by atoms with Crippen molar-refractivity contribution in [1.82, 2.24) is 4.98 Å². The van der Waals surface area contributed by atoms with Crippen LogP contribution < -0.4 is 9.64 Å². The summed E-state index contributed by atoms with van der Waals surface area (Å²) in [5, 5.41) is 0. The summed E-state index contributed by atoms with van der Waals surface area (Å²) in [6, 6.07) is 8.39. The van der Waals surface area contributed by atoms with E-state index in [2.05, 4.69) is 62.7 Å². The van der Waals surface area contributed by atoms with Crippen LogP contribution in [0, 0.1) is 6.92 Å². The molecule has 4 nitrogen and oxygen atoms in total. The van der Waals surface area contributed by atoms with Gasteiger partial charge in [0.15, 0.2) is 0 Å². The van der Waals surface area contributed by atoms with Gasteiger partial charge in [0.25, 0.3) is 0 Å². The van der Waals surface area contributed by atoms with Gasteiger partial charge in [0.05, 0.1) is 21.6 Å². The number of benzene rings is 1. The van der Waals surface area contributed by atoms with E-state index < -0.39 is 0 Å². The molecule has 5 heteroatoms. The van der Waals surface area contributed by atoms with Crippen molar-refractivity contribution in [2.24, 2.45) is 0 Å². The number of rotatable bonds is 7.